The molecule has 0 fully saturated rings. The van der Waals surface area contributed by atoms with E-state index in [1.54, 1.807) is 16.9 Å². The number of hydrogen-bond donors (Lipinski definition) is 1. The molecule has 0 saturated carbocycles. The highest BCUT2D eigenvalue weighted by molar-refractivity contribution is 5.97. The van der Waals surface area contributed by atoms with Crippen molar-refractivity contribution >= 4 is 23.0 Å². The van der Waals surface area contributed by atoms with Gasteiger partial charge in [0.25, 0.3) is 5.91 Å². The molecule has 1 aromatic carbocycles. The number of rotatable bonds is 1. The zero-order valence-corrected chi connectivity index (χ0v) is 7.68. The Hall–Kier alpha value is -2.30. The average Bonchev–Trinajstić information content (AvgIpc) is 2.64. The fraction of sp³-hybridized carbons (Fsp3) is 0. The van der Waals surface area contributed by atoms with Crippen molar-refractivity contribution in [1.29, 1.82) is 0 Å². The zero-order chi connectivity index (χ0) is 10.4. The Balaban J connectivity index is 2.33. The van der Waals surface area contributed by atoms with Gasteiger partial charge in [0.1, 0.15) is 5.52 Å². The number of hydrogen-bond acceptors (Lipinski definition) is 3. The largest absolute Gasteiger partial charge is 0.448 e. The number of benzene rings is 1. The molecule has 0 saturated heterocycles. The Morgan fingerprint density at radius 2 is 2.33 bits per heavy atom. The molecule has 3 rings (SSSR count). The van der Waals surface area contributed by atoms with Crippen molar-refractivity contribution in [2.45, 2.75) is 0 Å². The third kappa shape index (κ3) is 1.03. The van der Waals surface area contributed by atoms with E-state index in [0.717, 1.165) is 10.9 Å². The van der Waals surface area contributed by atoms with Gasteiger partial charge in [0, 0.05) is 5.39 Å². The van der Waals surface area contributed by atoms with Crippen LogP contribution in [0.5, 0.6) is 5.75 Å². The summed E-state index contributed by atoms with van der Waals surface area (Å²) >= 11 is 0. The van der Waals surface area contributed by atoms with Gasteiger partial charge in [-0.15, -0.1) is 0 Å². The Morgan fingerprint density at radius 1 is 1.47 bits per heavy atom. The first kappa shape index (κ1) is 8.05. The summed E-state index contributed by atoms with van der Waals surface area (Å²) in [7, 11) is 0. The van der Waals surface area contributed by atoms with Crippen LogP contribution < -0.4 is 10.5 Å². The van der Waals surface area contributed by atoms with Gasteiger partial charge >= 0.3 is 0 Å². The Kier molecular flexibility index (Phi) is 1.39. The predicted octanol–water partition coefficient (Wildman–Crippen LogP) is 0.712. The van der Waals surface area contributed by atoms with E-state index in [9.17, 15) is 4.79 Å². The van der Waals surface area contributed by atoms with Crippen LogP contribution in [0.4, 0.5) is 0 Å². The lowest BCUT2D eigenvalue weighted by Gasteiger charge is -2.13. The van der Waals surface area contributed by atoms with Crippen molar-refractivity contribution in [2.24, 2.45) is 5.73 Å². The second kappa shape index (κ2) is 2.60. The van der Waals surface area contributed by atoms with Crippen molar-refractivity contribution in [1.82, 2.24) is 9.78 Å². The average molecular weight is 201 g/mol. The molecule has 1 aliphatic rings. The topological polar surface area (TPSA) is 70.1 Å². The van der Waals surface area contributed by atoms with Crippen LogP contribution in [0.15, 0.2) is 30.2 Å². The molecule has 2 heterocycles. The molecule has 5 nitrogen and oxygen atoms in total. The summed E-state index contributed by atoms with van der Waals surface area (Å²) in [5.41, 5.74) is 6.00. The Morgan fingerprint density at radius 3 is 3.13 bits per heavy atom. The van der Waals surface area contributed by atoms with Gasteiger partial charge in [0.2, 0.25) is 5.76 Å². The Bertz CT molecular complexity index is 598. The number of nitrogens with zero attached hydrogens (tertiary/aromatic N) is 2. The quantitative estimate of drug-likeness (QED) is 0.738. The van der Waals surface area contributed by atoms with Gasteiger partial charge in [-0.05, 0) is 6.07 Å². The van der Waals surface area contributed by atoms with Crippen LogP contribution in [0.3, 0.4) is 0 Å². The molecule has 0 bridgehead atoms. The van der Waals surface area contributed by atoms with Gasteiger partial charge in [-0.1, -0.05) is 12.1 Å². The van der Waals surface area contributed by atoms with Crippen LogP contribution in [0.1, 0.15) is 0 Å². The van der Waals surface area contributed by atoms with Crippen LogP contribution in [0, 0.1) is 0 Å². The number of para-hydroxylation sites is 1. The number of nitrogens with two attached hydrogens (primary N) is 1. The standard InChI is InChI=1S/C10H7N3O2/c11-10(14)8-5-13-9-6(4-12-13)2-1-3-7(9)15-8/h1-5H,(H2,11,14). The molecule has 1 aliphatic heterocycles. The lowest BCUT2D eigenvalue weighted by atomic mass is 10.2. The fourth-order valence-electron chi connectivity index (χ4n) is 1.62. The molecule has 0 radical (unpaired) electrons. The van der Waals surface area contributed by atoms with Gasteiger partial charge in [0.15, 0.2) is 5.75 Å². The van der Waals surface area contributed by atoms with E-state index in [1.807, 2.05) is 12.1 Å². The molecule has 1 aromatic heterocycles. The third-order valence-corrected chi connectivity index (χ3v) is 2.28. The smallest absolute Gasteiger partial charge is 0.286 e. The van der Waals surface area contributed by atoms with Crippen LogP contribution in [-0.4, -0.2) is 15.7 Å². The minimum absolute atomic E-state index is 0.0960. The maximum absolute atomic E-state index is 11.0. The highest BCUT2D eigenvalue weighted by Crippen LogP contribution is 2.30. The van der Waals surface area contributed by atoms with Gasteiger partial charge in [-0.2, -0.15) is 5.10 Å². The monoisotopic (exact) mass is 201 g/mol. The normalized spacial score (nSPS) is 13.5. The summed E-state index contributed by atoms with van der Waals surface area (Å²) < 4.78 is 6.94. The minimum atomic E-state index is -0.604. The Labute approximate surface area is 84.7 Å². The number of aromatic nitrogens is 2. The van der Waals surface area contributed by atoms with Crippen LogP contribution in [0.25, 0.3) is 17.1 Å². The molecule has 2 aromatic rings. The van der Waals surface area contributed by atoms with Crippen molar-refractivity contribution in [3.63, 3.8) is 0 Å². The first-order valence-corrected chi connectivity index (χ1v) is 4.41. The SMILES string of the molecule is NC(=O)C1=Cn2ncc3cccc(c32)O1. The summed E-state index contributed by atoms with van der Waals surface area (Å²) in [6.07, 6.45) is 3.19. The highest BCUT2D eigenvalue weighted by Gasteiger charge is 2.18. The van der Waals surface area contributed by atoms with E-state index < -0.39 is 5.91 Å². The molecule has 15 heavy (non-hydrogen) atoms. The first-order chi connectivity index (χ1) is 7.25. The maximum Gasteiger partial charge on any atom is 0.286 e. The van der Waals surface area contributed by atoms with Gasteiger partial charge in [-0.25, -0.2) is 4.68 Å². The summed E-state index contributed by atoms with van der Waals surface area (Å²) in [6, 6.07) is 5.54. The molecule has 1 amide bonds. The lowest BCUT2D eigenvalue weighted by Crippen LogP contribution is -2.21. The lowest BCUT2D eigenvalue weighted by molar-refractivity contribution is -0.116. The molecule has 0 aliphatic carbocycles. The van der Waals surface area contributed by atoms with E-state index in [4.69, 9.17) is 10.5 Å². The van der Waals surface area contributed by atoms with E-state index in [-0.39, 0.29) is 5.76 Å². The van der Waals surface area contributed by atoms with Gasteiger partial charge < -0.3 is 10.5 Å². The summed E-state index contributed by atoms with van der Waals surface area (Å²) in [5, 5.41) is 5.08. The van der Waals surface area contributed by atoms with Gasteiger partial charge in [-0.3, -0.25) is 4.79 Å². The molecule has 2 N–H and O–H groups in total. The van der Waals surface area contributed by atoms with Crippen molar-refractivity contribution in [3.8, 4) is 5.75 Å². The van der Waals surface area contributed by atoms with Crippen LogP contribution in [0.2, 0.25) is 0 Å². The van der Waals surface area contributed by atoms with Crippen molar-refractivity contribution in [3.05, 3.63) is 30.2 Å². The molecular formula is C10H7N3O2. The summed E-state index contributed by atoms with van der Waals surface area (Å²) in [5.74, 6) is 0.0909. The van der Waals surface area contributed by atoms with E-state index >= 15 is 0 Å². The van der Waals surface area contributed by atoms with E-state index in [2.05, 4.69) is 5.10 Å². The molecular weight excluding hydrogens is 194 g/mol. The van der Waals surface area contributed by atoms with Crippen molar-refractivity contribution in [2.75, 3.05) is 0 Å². The molecule has 74 valence electrons. The highest BCUT2D eigenvalue weighted by atomic mass is 16.5. The molecule has 5 heteroatoms. The summed E-state index contributed by atoms with van der Waals surface area (Å²) in [4.78, 5) is 11.0. The predicted molar refractivity (Wildman–Crippen MR) is 53.8 cm³/mol. The van der Waals surface area contributed by atoms with Crippen molar-refractivity contribution < 1.29 is 9.53 Å². The zero-order valence-electron chi connectivity index (χ0n) is 7.68. The second-order valence-electron chi connectivity index (χ2n) is 3.24. The molecule has 0 atom stereocenters. The van der Waals surface area contributed by atoms with Crippen LogP contribution in [-0.2, 0) is 4.79 Å². The first-order valence-electron chi connectivity index (χ1n) is 4.41. The number of ether oxygens (including phenoxy) is 1. The fourth-order valence-corrected chi connectivity index (χ4v) is 1.62. The summed E-state index contributed by atoms with van der Waals surface area (Å²) in [6.45, 7) is 0. The maximum atomic E-state index is 11.0. The number of amides is 1. The molecule has 0 unspecified atom stereocenters. The molecule has 0 spiro atoms. The van der Waals surface area contributed by atoms with Gasteiger partial charge in [0.05, 0.1) is 12.4 Å². The number of carbonyl (C=O) groups is 1. The second-order valence-corrected chi connectivity index (χ2v) is 3.24. The third-order valence-electron chi connectivity index (χ3n) is 2.28. The minimum Gasteiger partial charge on any atom is -0.448 e. The number of primary amides is 1. The number of carbonyl (C=O) groups excluding carboxylic acids is 1. The van der Waals surface area contributed by atoms with E-state index in [0.29, 0.717) is 5.75 Å². The van der Waals surface area contributed by atoms with Crippen LogP contribution >= 0.6 is 0 Å². The van der Waals surface area contributed by atoms with E-state index in [1.165, 1.54) is 6.20 Å².